The average molecular weight is 211 g/mol. The Labute approximate surface area is 92.5 Å². The van der Waals surface area contributed by atoms with Crippen LogP contribution in [0.15, 0.2) is 54.7 Å². The minimum atomic E-state index is -0.214. The van der Waals surface area contributed by atoms with Crippen molar-refractivity contribution in [2.75, 3.05) is 0 Å². The second-order valence-corrected chi connectivity index (χ2v) is 3.76. The molecule has 2 heteroatoms. The van der Waals surface area contributed by atoms with Crippen LogP contribution in [0.25, 0.3) is 22.0 Å². The number of hydrogen-bond acceptors (Lipinski definition) is 0. The first-order valence-electron chi connectivity index (χ1n) is 5.17. The Morgan fingerprint density at radius 3 is 2.56 bits per heavy atom. The van der Waals surface area contributed by atoms with Crippen LogP contribution in [-0.4, -0.2) is 4.98 Å². The maximum Gasteiger partial charge on any atom is 0.125 e. The Morgan fingerprint density at radius 1 is 0.938 bits per heavy atom. The van der Waals surface area contributed by atoms with Crippen molar-refractivity contribution in [2.24, 2.45) is 0 Å². The van der Waals surface area contributed by atoms with Crippen molar-refractivity contribution in [1.82, 2.24) is 4.98 Å². The molecule has 3 rings (SSSR count). The zero-order valence-electron chi connectivity index (χ0n) is 8.57. The lowest BCUT2D eigenvalue weighted by atomic mass is 10.1. The SMILES string of the molecule is Fc1ccc2c(-c3ccccc3)c[nH]c2c1. The molecule has 1 nitrogen and oxygen atoms in total. The normalized spacial score (nSPS) is 10.8. The van der Waals surface area contributed by atoms with E-state index in [0.717, 1.165) is 22.0 Å². The number of fused-ring (bicyclic) bond motifs is 1. The van der Waals surface area contributed by atoms with Crippen molar-refractivity contribution in [3.63, 3.8) is 0 Å². The third-order valence-corrected chi connectivity index (χ3v) is 2.73. The third kappa shape index (κ3) is 1.39. The van der Waals surface area contributed by atoms with Crippen molar-refractivity contribution >= 4 is 10.9 Å². The molecule has 0 unspecified atom stereocenters. The second-order valence-electron chi connectivity index (χ2n) is 3.76. The van der Waals surface area contributed by atoms with Gasteiger partial charge in [-0.2, -0.15) is 0 Å². The fraction of sp³-hybridized carbons (Fsp3) is 0. The fourth-order valence-electron chi connectivity index (χ4n) is 1.95. The second kappa shape index (κ2) is 3.49. The summed E-state index contributed by atoms with van der Waals surface area (Å²) in [6, 6.07) is 14.9. The summed E-state index contributed by atoms with van der Waals surface area (Å²) in [5.41, 5.74) is 3.08. The van der Waals surface area contributed by atoms with E-state index in [2.05, 4.69) is 4.98 Å². The van der Waals surface area contributed by atoms with Crippen LogP contribution < -0.4 is 0 Å². The Balaban J connectivity index is 2.26. The van der Waals surface area contributed by atoms with Gasteiger partial charge < -0.3 is 4.98 Å². The molecule has 2 aromatic carbocycles. The number of aromatic nitrogens is 1. The summed E-state index contributed by atoms with van der Waals surface area (Å²) in [6.45, 7) is 0. The summed E-state index contributed by atoms with van der Waals surface area (Å²) in [5, 5.41) is 1.05. The van der Waals surface area contributed by atoms with Gasteiger partial charge in [0.25, 0.3) is 0 Å². The lowest BCUT2D eigenvalue weighted by molar-refractivity contribution is 0.629. The van der Waals surface area contributed by atoms with Crippen LogP contribution in [0.5, 0.6) is 0 Å². The summed E-state index contributed by atoms with van der Waals surface area (Å²) in [7, 11) is 0. The lowest BCUT2D eigenvalue weighted by Crippen LogP contribution is -1.75. The number of rotatable bonds is 1. The maximum absolute atomic E-state index is 13.0. The highest BCUT2D eigenvalue weighted by atomic mass is 19.1. The molecule has 1 N–H and O–H groups in total. The van der Waals surface area contributed by atoms with Crippen LogP contribution in [0.2, 0.25) is 0 Å². The van der Waals surface area contributed by atoms with Crippen LogP contribution in [0.4, 0.5) is 4.39 Å². The number of nitrogens with one attached hydrogen (secondary N) is 1. The number of hydrogen-bond donors (Lipinski definition) is 1. The molecule has 78 valence electrons. The van der Waals surface area contributed by atoms with E-state index in [1.807, 2.05) is 42.6 Å². The van der Waals surface area contributed by atoms with Crippen molar-refractivity contribution in [2.45, 2.75) is 0 Å². The fourth-order valence-corrected chi connectivity index (χ4v) is 1.95. The van der Waals surface area contributed by atoms with Gasteiger partial charge in [0.05, 0.1) is 0 Å². The van der Waals surface area contributed by atoms with Gasteiger partial charge in [-0.05, 0) is 23.8 Å². The van der Waals surface area contributed by atoms with Gasteiger partial charge in [-0.3, -0.25) is 0 Å². The summed E-state index contributed by atoms with van der Waals surface area (Å²) in [6.07, 6.45) is 1.92. The summed E-state index contributed by atoms with van der Waals surface area (Å²) in [4.78, 5) is 3.09. The van der Waals surface area contributed by atoms with Crippen LogP contribution >= 0.6 is 0 Å². The lowest BCUT2D eigenvalue weighted by Gasteiger charge is -1.98. The molecule has 0 aliphatic carbocycles. The Kier molecular flexibility index (Phi) is 2.00. The van der Waals surface area contributed by atoms with Gasteiger partial charge in [-0.25, -0.2) is 4.39 Å². The van der Waals surface area contributed by atoms with Gasteiger partial charge in [-0.15, -0.1) is 0 Å². The van der Waals surface area contributed by atoms with Crippen LogP contribution in [0.3, 0.4) is 0 Å². The van der Waals surface area contributed by atoms with E-state index in [1.54, 1.807) is 0 Å². The van der Waals surface area contributed by atoms with Crippen LogP contribution in [0.1, 0.15) is 0 Å². The first kappa shape index (κ1) is 9.16. The van der Waals surface area contributed by atoms with Gasteiger partial charge in [0.15, 0.2) is 0 Å². The molecule has 3 aromatic rings. The molecule has 0 aliphatic heterocycles. The highest BCUT2D eigenvalue weighted by Crippen LogP contribution is 2.28. The van der Waals surface area contributed by atoms with Gasteiger partial charge in [0.2, 0.25) is 0 Å². The average Bonchev–Trinajstić information content (AvgIpc) is 2.73. The molecule has 0 spiro atoms. The number of benzene rings is 2. The largest absolute Gasteiger partial charge is 0.360 e. The van der Waals surface area contributed by atoms with E-state index in [-0.39, 0.29) is 5.82 Å². The van der Waals surface area contributed by atoms with E-state index in [0.29, 0.717) is 0 Å². The minimum Gasteiger partial charge on any atom is -0.360 e. The van der Waals surface area contributed by atoms with E-state index < -0.39 is 0 Å². The quantitative estimate of drug-likeness (QED) is 0.626. The van der Waals surface area contributed by atoms with E-state index >= 15 is 0 Å². The minimum absolute atomic E-state index is 0.214. The van der Waals surface area contributed by atoms with E-state index in [4.69, 9.17) is 0 Å². The molecular weight excluding hydrogens is 201 g/mol. The van der Waals surface area contributed by atoms with Gasteiger partial charge in [0, 0.05) is 22.7 Å². The molecule has 16 heavy (non-hydrogen) atoms. The molecule has 1 heterocycles. The maximum atomic E-state index is 13.0. The van der Waals surface area contributed by atoms with Gasteiger partial charge >= 0.3 is 0 Å². The molecule has 1 aromatic heterocycles. The molecular formula is C14H10FN. The smallest absolute Gasteiger partial charge is 0.125 e. The highest BCUT2D eigenvalue weighted by molar-refractivity contribution is 5.95. The van der Waals surface area contributed by atoms with Crippen LogP contribution in [-0.2, 0) is 0 Å². The highest BCUT2D eigenvalue weighted by Gasteiger charge is 2.05. The Hall–Kier alpha value is -2.09. The van der Waals surface area contributed by atoms with Crippen LogP contribution in [0, 0.1) is 5.82 Å². The van der Waals surface area contributed by atoms with Gasteiger partial charge in [-0.1, -0.05) is 30.3 Å². The number of H-pyrrole nitrogens is 1. The van der Waals surface area contributed by atoms with E-state index in [9.17, 15) is 4.39 Å². The van der Waals surface area contributed by atoms with E-state index in [1.165, 1.54) is 12.1 Å². The standard InChI is InChI=1S/C14H10FN/c15-11-6-7-12-13(9-16-14(12)8-11)10-4-2-1-3-5-10/h1-9,16H. The summed E-state index contributed by atoms with van der Waals surface area (Å²) >= 11 is 0. The molecule has 0 bridgehead atoms. The molecule has 0 aliphatic rings. The molecule has 0 saturated heterocycles. The number of halogens is 1. The Morgan fingerprint density at radius 2 is 1.75 bits per heavy atom. The predicted molar refractivity (Wildman–Crippen MR) is 63.7 cm³/mol. The predicted octanol–water partition coefficient (Wildman–Crippen LogP) is 3.97. The molecule has 0 saturated carbocycles. The zero-order chi connectivity index (χ0) is 11.0. The third-order valence-electron chi connectivity index (χ3n) is 2.73. The number of aromatic amines is 1. The van der Waals surface area contributed by atoms with Crippen molar-refractivity contribution in [3.05, 3.63) is 60.5 Å². The topological polar surface area (TPSA) is 15.8 Å². The molecule has 0 fully saturated rings. The summed E-state index contributed by atoms with van der Waals surface area (Å²) in [5.74, 6) is -0.214. The zero-order valence-corrected chi connectivity index (χ0v) is 8.57. The summed E-state index contributed by atoms with van der Waals surface area (Å²) < 4.78 is 13.0. The van der Waals surface area contributed by atoms with Crippen molar-refractivity contribution in [3.8, 4) is 11.1 Å². The van der Waals surface area contributed by atoms with Crippen molar-refractivity contribution < 1.29 is 4.39 Å². The van der Waals surface area contributed by atoms with Crippen molar-refractivity contribution in [1.29, 1.82) is 0 Å². The first-order chi connectivity index (χ1) is 7.84. The first-order valence-corrected chi connectivity index (χ1v) is 5.17. The monoisotopic (exact) mass is 211 g/mol. The Bertz CT molecular complexity index is 626. The molecule has 0 atom stereocenters. The molecule has 0 amide bonds. The van der Waals surface area contributed by atoms with Gasteiger partial charge in [0.1, 0.15) is 5.82 Å². The molecule has 0 radical (unpaired) electrons.